The van der Waals surface area contributed by atoms with Crippen molar-refractivity contribution in [2.75, 3.05) is 7.11 Å². The van der Waals surface area contributed by atoms with E-state index < -0.39 is 16.1 Å². The fraction of sp³-hybridized carbons (Fsp3) is 0.536. The topological polar surface area (TPSA) is 9.23 Å². The van der Waals surface area contributed by atoms with Gasteiger partial charge < -0.3 is 17.8 Å². The van der Waals surface area contributed by atoms with Crippen molar-refractivity contribution in [2.45, 2.75) is 91.7 Å². The maximum absolute atomic E-state index is 5.84. The normalized spacial score (nSPS) is 12.0. The van der Waals surface area contributed by atoms with E-state index in [0.29, 0.717) is 0 Å². The molecule has 0 unspecified atom stereocenters. The predicted molar refractivity (Wildman–Crippen MR) is 148 cm³/mol. The van der Waals surface area contributed by atoms with Gasteiger partial charge in [0, 0.05) is 0 Å². The van der Waals surface area contributed by atoms with Crippen LogP contribution in [0.5, 0.6) is 5.75 Å². The summed E-state index contributed by atoms with van der Waals surface area (Å²) in [6, 6.07) is 13.1. The van der Waals surface area contributed by atoms with E-state index in [-0.39, 0.29) is 43.5 Å². The Morgan fingerprint density at radius 3 is 1.44 bits per heavy atom. The third-order valence-corrected chi connectivity index (χ3v) is 4.30. The Kier molecular flexibility index (Phi) is 14.0. The van der Waals surface area contributed by atoms with E-state index in [9.17, 15) is 0 Å². The molecule has 0 saturated heterocycles. The summed E-state index contributed by atoms with van der Waals surface area (Å²) in [5.74, 6) is 1.03. The summed E-state index contributed by atoms with van der Waals surface area (Å²) in [4.78, 5) is 0. The van der Waals surface area contributed by atoms with E-state index >= 15 is 0 Å². The summed E-state index contributed by atoms with van der Waals surface area (Å²) in [6.07, 6.45) is 0. The van der Waals surface area contributed by atoms with E-state index in [1.807, 2.05) is 0 Å². The van der Waals surface area contributed by atoms with Gasteiger partial charge in [-0.25, -0.2) is 12.1 Å². The van der Waals surface area contributed by atoms with Crippen molar-refractivity contribution in [3.05, 3.63) is 71.7 Å². The molecule has 0 amide bonds. The van der Waals surface area contributed by atoms with Crippen LogP contribution in [-0.4, -0.2) is 23.3 Å². The Balaban J connectivity index is 0. The minimum absolute atomic E-state index is 0. The number of aryl methyl sites for hydroxylation is 1. The maximum atomic E-state index is 5.84. The minimum atomic E-state index is -0.861. The largest absolute Gasteiger partial charge is 3.00 e. The zero-order valence-electron chi connectivity index (χ0n) is 23.4. The zero-order chi connectivity index (χ0) is 24.8. The molecule has 0 atom stereocenters. The number of benzene rings is 1. The third-order valence-electron chi connectivity index (χ3n) is 4.30. The van der Waals surface area contributed by atoms with Crippen LogP contribution in [0.2, 0.25) is 39.3 Å². The van der Waals surface area contributed by atoms with Gasteiger partial charge in [-0.2, -0.15) is 12.1 Å². The summed E-state index contributed by atoms with van der Waals surface area (Å²) in [6.45, 7) is 34.5. The number of rotatable bonds is 3. The molecule has 2 rings (SSSR count). The fourth-order valence-corrected chi connectivity index (χ4v) is 2.96. The number of hydrogen-bond acceptors (Lipinski definition) is 1. The Morgan fingerprint density at radius 1 is 0.781 bits per heavy atom. The molecule has 0 N–H and O–H groups in total. The Hall–Kier alpha value is -0.0923. The molecular formula is C28H49OSi2Y. The molecule has 4 heteroatoms. The molecule has 0 bridgehead atoms. The molecule has 178 valence electrons. The van der Waals surface area contributed by atoms with E-state index in [0.717, 1.165) is 5.75 Å². The van der Waals surface area contributed by atoms with Gasteiger partial charge in [0.1, 0.15) is 5.75 Å². The first kappa shape index (κ1) is 34.1. The van der Waals surface area contributed by atoms with Crippen molar-refractivity contribution < 1.29 is 37.4 Å². The molecule has 0 aliphatic carbocycles. The summed E-state index contributed by atoms with van der Waals surface area (Å²) in [7, 11) is 0.0600. The molecule has 0 saturated carbocycles. The van der Waals surface area contributed by atoms with Crippen LogP contribution >= 0.6 is 0 Å². The fourth-order valence-electron chi connectivity index (χ4n) is 2.96. The van der Waals surface area contributed by atoms with Gasteiger partial charge in [-0.3, -0.25) is 0 Å². The van der Waals surface area contributed by atoms with Crippen LogP contribution in [0.3, 0.4) is 0 Å². The number of ether oxygens (including phenoxy) is 1. The average Bonchev–Trinajstić information content (AvgIpc) is 3.05. The van der Waals surface area contributed by atoms with Crippen LogP contribution in [0, 0.1) is 20.0 Å². The number of hydrogen-bond donors (Lipinski definition) is 0. The smallest absolute Gasteiger partial charge is 0.496 e. The van der Waals surface area contributed by atoms with Gasteiger partial charge in [-0.1, -0.05) is 91.6 Å². The van der Waals surface area contributed by atoms with E-state index in [2.05, 4.69) is 130 Å². The van der Waals surface area contributed by atoms with Gasteiger partial charge in [-0.15, -0.1) is 21.7 Å². The Bertz CT molecular complexity index is 763. The molecule has 2 aromatic rings. The standard InChI is InChI=1S/C20H27O.2C4H11Si.Y/c1-14-12-16(19(2,3)4)18(21-7)17(13-14)20(5,6)15-10-8-9-11-15;2*1-5(2,3)4;/h8-13H,1-7H3;2*1H2,2-4H3;/q3*-1;+3. The summed E-state index contributed by atoms with van der Waals surface area (Å²) in [5, 5.41) is 0. The second kappa shape index (κ2) is 13.1. The van der Waals surface area contributed by atoms with Gasteiger partial charge in [0.15, 0.2) is 0 Å². The van der Waals surface area contributed by atoms with Crippen LogP contribution in [-0.2, 0) is 43.5 Å². The van der Waals surface area contributed by atoms with Crippen molar-refractivity contribution in [2.24, 2.45) is 0 Å². The first-order chi connectivity index (χ1) is 13.7. The molecule has 1 nitrogen and oxygen atoms in total. The SMILES string of the molecule is COc1c(C(C)(C)C)cc(C)cc1C(C)(C)[c-]1cccc1.[CH2-][Si](C)(C)C.[CH2-][Si](C)(C)C.[Y+3]. The van der Waals surface area contributed by atoms with Crippen LogP contribution < -0.4 is 4.74 Å². The van der Waals surface area contributed by atoms with Crippen LogP contribution in [0.1, 0.15) is 56.9 Å². The second-order valence-corrected chi connectivity index (χ2v) is 22.8. The van der Waals surface area contributed by atoms with Crippen molar-refractivity contribution in [1.29, 1.82) is 0 Å². The van der Waals surface area contributed by atoms with E-state index in [1.165, 1.54) is 22.3 Å². The van der Waals surface area contributed by atoms with Gasteiger partial charge in [0.25, 0.3) is 0 Å². The third kappa shape index (κ3) is 13.6. The van der Waals surface area contributed by atoms with E-state index in [4.69, 9.17) is 4.74 Å². The Morgan fingerprint density at radius 2 is 1.12 bits per heavy atom. The Labute approximate surface area is 228 Å². The van der Waals surface area contributed by atoms with Crippen molar-refractivity contribution in [3.63, 3.8) is 0 Å². The molecule has 0 aliphatic rings. The van der Waals surface area contributed by atoms with Crippen molar-refractivity contribution >= 4 is 16.1 Å². The van der Waals surface area contributed by atoms with Crippen LogP contribution in [0.15, 0.2) is 36.4 Å². The first-order valence-electron chi connectivity index (χ1n) is 11.3. The first-order valence-corrected chi connectivity index (χ1v) is 18.7. The summed E-state index contributed by atoms with van der Waals surface area (Å²) >= 11 is 0. The molecular weight excluding hydrogens is 497 g/mol. The zero-order valence-corrected chi connectivity index (χ0v) is 28.2. The van der Waals surface area contributed by atoms with E-state index in [1.54, 1.807) is 7.11 Å². The van der Waals surface area contributed by atoms with Crippen LogP contribution in [0.25, 0.3) is 0 Å². The molecule has 0 heterocycles. The molecule has 2 aromatic carbocycles. The molecule has 0 aromatic heterocycles. The average molecular weight is 547 g/mol. The second-order valence-electron chi connectivity index (χ2n) is 12.6. The molecule has 0 fully saturated rings. The van der Waals surface area contributed by atoms with Gasteiger partial charge in [0.2, 0.25) is 0 Å². The quantitative estimate of drug-likeness (QED) is 0.276. The van der Waals surface area contributed by atoms with Gasteiger partial charge in [0.05, 0.1) is 7.11 Å². The van der Waals surface area contributed by atoms with Crippen molar-refractivity contribution in [3.8, 4) is 5.75 Å². The minimum Gasteiger partial charge on any atom is -0.496 e. The van der Waals surface area contributed by atoms with Gasteiger partial charge in [-0.05, 0) is 28.9 Å². The number of methoxy groups -OCH3 is 1. The predicted octanol–water partition coefficient (Wildman–Crippen LogP) is 8.74. The van der Waals surface area contributed by atoms with Crippen molar-refractivity contribution in [1.82, 2.24) is 0 Å². The monoisotopic (exact) mass is 546 g/mol. The molecule has 0 spiro atoms. The van der Waals surface area contributed by atoms with Crippen LogP contribution in [0.4, 0.5) is 0 Å². The van der Waals surface area contributed by atoms with Gasteiger partial charge >= 0.3 is 32.7 Å². The molecule has 0 aliphatic heterocycles. The molecule has 0 radical (unpaired) electrons. The summed E-state index contributed by atoms with van der Waals surface area (Å²) in [5.41, 5.74) is 5.15. The summed E-state index contributed by atoms with van der Waals surface area (Å²) < 4.78 is 5.84. The molecule has 32 heavy (non-hydrogen) atoms. The maximum Gasteiger partial charge on any atom is 3.00 e.